The second-order valence-electron chi connectivity index (χ2n) is 1.23. The largest absolute Gasteiger partial charge is 2.00 e. The van der Waals surface area contributed by atoms with Crippen LogP contribution in [0.1, 0.15) is 12.8 Å². The molecular formula is C4H7CaNO2. The van der Waals surface area contributed by atoms with E-state index in [0.717, 1.165) is 0 Å². The van der Waals surface area contributed by atoms with Gasteiger partial charge in [0, 0.05) is 5.97 Å². The SMILES string of the molecule is [Ca+2].[NH-]CCCC(=O)[O-]. The molecule has 3 nitrogen and oxygen atoms in total. The molecule has 0 spiro atoms. The van der Waals surface area contributed by atoms with Crippen LogP contribution >= 0.6 is 0 Å². The Morgan fingerprint density at radius 3 is 2.25 bits per heavy atom. The van der Waals surface area contributed by atoms with Crippen molar-refractivity contribution in [3.63, 3.8) is 0 Å². The standard InChI is InChI=1S/C4H8NO2.Ca/c5-3-1-2-4(6)7;/h5H,1-3H2,(H,6,7);/q-1;+2/p-1. The Balaban J connectivity index is 0. The van der Waals surface area contributed by atoms with E-state index < -0.39 is 5.97 Å². The number of carboxylic acid groups (broad SMARTS) is 1. The van der Waals surface area contributed by atoms with Crippen LogP contribution in [-0.2, 0) is 4.79 Å². The van der Waals surface area contributed by atoms with Crippen molar-refractivity contribution in [3.05, 3.63) is 5.73 Å². The Kier molecular flexibility index (Phi) is 11.0. The molecule has 0 fully saturated rings. The van der Waals surface area contributed by atoms with Crippen molar-refractivity contribution in [3.8, 4) is 0 Å². The number of nitrogens with one attached hydrogen (secondary N) is 1. The third-order valence-electron chi connectivity index (χ3n) is 0.558. The summed E-state index contributed by atoms with van der Waals surface area (Å²) in [5, 5.41) is 9.56. The maximum Gasteiger partial charge on any atom is 2.00 e. The smallest absolute Gasteiger partial charge is 0.677 e. The van der Waals surface area contributed by atoms with Gasteiger partial charge in [-0.2, -0.15) is 6.54 Å². The Bertz CT molecular complexity index is 67.1. The number of carboxylic acids is 1. The van der Waals surface area contributed by atoms with Gasteiger partial charge in [0.25, 0.3) is 0 Å². The van der Waals surface area contributed by atoms with Crippen molar-refractivity contribution >= 4 is 43.7 Å². The average molecular weight is 141 g/mol. The monoisotopic (exact) mass is 141 g/mol. The first-order valence-corrected chi connectivity index (χ1v) is 2.12. The van der Waals surface area contributed by atoms with Gasteiger partial charge in [0.1, 0.15) is 0 Å². The Morgan fingerprint density at radius 2 is 2.12 bits per heavy atom. The molecule has 0 aliphatic heterocycles. The topological polar surface area (TPSA) is 63.9 Å². The molecule has 0 aliphatic rings. The van der Waals surface area contributed by atoms with Gasteiger partial charge in [-0.15, -0.1) is 0 Å². The summed E-state index contributed by atoms with van der Waals surface area (Å²) in [7, 11) is 0. The molecule has 0 aromatic rings. The number of rotatable bonds is 3. The fraction of sp³-hybridized carbons (Fsp3) is 0.750. The van der Waals surface area contributed by atoms with E-state index in [0.29, 0.717) is 6.42 Å². The fourth-order valence-corrected chi connectivity index (χ4v) is 0.233. The molecule has 0 aromatic heterocycles. The number of aliphatic carboxylic acids is 1. The van der Waals surface area contributed by atoms with Crippen LogP contribution < -0.4 is 5.11 Å². The Morgan fingerprint density at radius 1 is 1.62 bits per heavy atom. The molecule has 0 saturated carbocycles. The zero-order valence-corrected chi connectivity index (χ0v) is 6.85. The second-order valence-corrected chi connectivity index (χ2v) is 1.23. The summed E-state index contributed by atoms with van der Waals surface area (Å²) in [5.74, 6) is -1.06. The first-order valence-electron chi connectivity index (χ1n) is 2.12. The van der Waals surface area contributed by atoms with E-state index in [1.54, 1.807) is 0 Å². The first kappa shape index (κ1) is 11.5. The molecule has 0 atom stereocenters. The van der Waals surface area contributed by atoms with Gasteiger partial charge in [0.05, 0.1) is 0 Å². The van der Waals surface area contributed by atoms with Gasteiger partial charge in [-0.1, -0.05) is 6.42 Å². The minimum absolute atomic E-state index is 0. The summed E-state index contributed by atoms with van der Waals surface area (Å²) in [6, 6.07) is 0. The molecule has 8 heavy (non-hydrogen) atoms. The Hall–Kier alpha value is 0.690. The van der Waals surface area contributed by atoms with Gasteiger partial charge in [-0.3, -0.25) is 0 Å². The van der Waals surface area contributed by atoms with Crippen molar-refractivity contribution in [1.29, 1.82) is 0 Å². The van der Waals surface area contributed by atoms with Crippen LogP contribution in [0.3, 0.4) is 0 Å². The summed E-state index contributed by atoms with van der Waals surface area (Å²) >= 11 is 0. The average Bonchev–Trinajstić information content (AvgIpc) is 1.61. The summed E-state index contributed by atoms with van der Waals surface area (Å²) < 4.78 is 0. The number of hydrogen-bond donors (Lipinski definition) is 0. The second kappa shape index (κ2) is 7.69. The third kappa shape index (κ3) is 9.85. The van der Waals surface area contributed by atoms with E-state index in [2.05, 4.69) is 0 Å². The molecule has 0 aliphatic carbocycles. The third-order valence-corrected chi connectivity index (χ3v) is 0.558. The minimum Gasteiger partial charge on any atom is -0.677 e. The van der Waals surface area contributed by atoms with Gasteiger partial charge < -0.3 is 15.6 Å². The number of carbonyl (C=O) groups is 1. The van der Waals surface area contributed by atoms with Gasteiger partial charge in [0.15, 0.2) is 0 Å². The van der Waals surface area contributed by atoms with E-state index in [4.69, 9.17) is 5.73 Å². The molecule has 0 saturated heterocycles. The fourth-order valence-electron chi connectivity index (χ4n) is 0.233. The van der Waals surface area contributed by atoms with Crippen LogP contribution in [0.5, 0.6) is 0 Å². The Labute approximate surface area is 78.2 Å². The molecule has 0 radical (unpaired) electrons. The zero-order chi connectivity index (χ0) is 5.70. The van der Waals surface area contributed by atoms with Crippen molar-refractivity contribution in [1.82, 2.24) is 0 Å². The van der Waals surface area contributed by atoms with Crippen molar-refractivity contribution in [2.24, 2.45) is 0 Å². The molecule has 1 N–H and O–H groups in total. The maximum atomic E-state index is 9.56. The first-order chi connectivity index (χ1) is 3.27. The predicted molar refractivity (Wildman–Crippen MR) is 29.2 cm³/mol. The van der Waals surface area contributed by atoms with E-state index in [9.17, 15) is 9.90 Å². The van der Waals surface area contributed by atoms with Crippen LogP contribution in [-0.4, -0.2) is 50.3 Å². The van der Waals surface area contributed by atoms with E-state index in [-0.39, 0.29) is 50.7 Å². The molecule has 42 valence electrons. The van der Waals surface area contributed by atoms with Crippen LogP contribution in [0.2, 0.25) is 0 Å². The quantitative estimate of drug-likeness (QED) is 0.482. The molecule has 0 heterocycles. The van der Waals surface area contributed by atoms with Crippen LogP contribution in [0.25, 0.3) is 5.73 Å². The molecule has 0 amide bonds. The van der Waals surface area contributed by atoms with E-state index in [1.807, 2.05) is 0 Å². The van der Waals surface area contributed by atoms with Crippen LogP contribution in [0.4, 0.5) is 0 Å². The zero-order valence-electron chi connectivity index (χ0n) is 4.64. The van der Waals surface area contributed by atoms with Gasteiger partial charge in [0.2, 0.25) is 0 Å². The maximum absolute atomic E-state index is 9.56. The van der Waals surface area contributed by atoms with Gasteiger partial charge in [-0.05, 0) is 6.42 Å². The summed E-state index contributed by atoms with van der Waals surface area (Å²) in [6.07, 6.45) is 0.422. The summed E-state index contributed by atoms with van der Waals surface area (Å²) in [6.45, 7) is 0.175. The summed E-state index contributed by atoms with van der Waals surface area (Å²) in [4.78, 5) is 9.56. The predicted octanol–water partition coefficient (Wildman–Crippen LogP) is -0.812. The van der Waals surface area contributed by atoms with E-state index >= 15 is 0 Å². The van der Waals surface area contributed by atoms with Gasteiger partial charge >= 0.3 is 37.7 Å². The van der Waals surface area contributed by atoms with Crippen LogP contribution in [0.15, 0.2) is 0 Å². The molecule has 4 heteroatoms. The number of hydrogen-bond acceptors (Lipinski definition) is 2. The molecule has 0 unspecified atom stereocenters. The van der Waals surface area contributed by atoms with Crippen molar-refractivity contribution < 1.29 is 9.90 Å². The molecule has 0 aromatic carbocycles. The molecule has 0 bridgehead atoms. The number of carbonyl (C=O) groups excluding carboxylic acids is 1. The van der Waals surface area contributed by atoms with Crippen molar-refractivity contribution in [2.45, 2.75) is 12.8 Å². The van der Waals surface area contributed by atoms with E-state index in [1.165, 1.54) is 0 Å². The molecule has 0 rings (SSSR count). The normalized spacial score (nSPS) is 7.62. The minimum atomic E-state index is -1.06. The van der Waals surface area contributed by atoms with Crippen LogP contribution in [0, 0.1) is 0 Å². The summed E-state index contributed by atoms with van der Waals surface area (Å²) in [5.41, 5.74) is 6.50. The van der Waals surface area contributed by atoms with Gasteiger partial charge in [-0.25, -0.2) is 0 Å². The van der Waals surface area contributed by atoms with Crippen molar-refractivity contribution in [2.75, 3.05) is 6.54 Å². The molecular weight excluding hydrogens is 134 g/mol.